The molecule has 8 heteroatoms. The van der Waals surface area contributed by atoms with E-state index in [-0.39, 0.29) is 17.1 Å². The SMILES string of the molecule is Cc1cc(F)cc(NC=C(C#N)c2nn[nH]n2)c1C#N. The molecule has 7 nitrogen and oxygen atoms in total. The van der Waals surface area contributed by atoms with Gasteiger partial charge < -0.3 is 5.32 Å². The van der Waals surface area contributed by atoms with Crippen molar-refractivity contribution < 1.29 is 4.39 Å². The minimum atomic E-state index is -0.476. The van der Waals surface area contributed by atoms with Gasteiger partial charge in [0.05, 0.1) is 11.3 Å². The number of anilines is 1. The molecule has 0 amide bonds. The summed E-state index contributed by atoms with van der Waals surface area (Å²) in [6.45, 7) is 1.63. The van der Waals surface area contributed by atoms with Crippen molar-refractivity contribution in [1.82, 2.24) is 20.6 Å². The highest BCUT2D eigenvalue weighted by atomic mass is 19.1. The number of nitrogens with one attached hydrogen (secondary N) is 2. The van der Waals surface area contributed by atoms with Crippen LogP contribution < -0.4 is 5.32 Å². The van der Waals surface area contributed by atoms with Crippen LogP contribution in [0.3, 0.4) is 0 Å². The predicted octanol–water partition coefficient (Wildman–Crippen LogP) is 1.50. The van der Waals surface area contributed by atoms with E-state index in [2.05, 4.69) is 25.9 Å². The summed E-state index contributed by atoms with van der Waals surface area (Å²) in [6, 6.07) is 6.29. The summed E-state index contributed by atoms with van der Waals surface area (Å²) in [5.41, 5.74) is 1.17. The lowest BCUT2D eigenvalue weighted by molar-refractivity contribution is 0.627. The molecule has 0 aliphatic heterocycles. The van der Waals surface area contributed by atoms with E-state index in [1.54, 1.807) is 6.92 Å². The highest BCUT2D eigenvalue weighted by Gasteiger charge is 2.09. The number of tetrazole rings is 1. The smallest absolute Gasteiger partial charge is 0.216 e. The monoisotopic (exact) mass is 269 g/mol. The Morgan fingerprint density at radius 2 is 2.25 bits per heavy atom. The molecule has 0 saturated carbocycles. The molecule has 0 spiro atoms. The predicted molar refractivity (Wildman–Crippen MR) is 67.2 cm³/mol. The molecule has 1 heterocycles. The molecule has 0 atom stereocenters. The molecule has 0 radical (unpaired) electrons. The Morgan fingerprint density at radius 3 is 2.85 bits per heavy atom. The van der Waals surface area contributed by atoms with Crippen LogP contribution in [0.25, 0.3) is 5.57 Å². The van der Waals surface area contributed by atoms with E-state index in [4.69, 9.17) is 10.5 Å². The summed E-state index contributed by atoms with van der Waals surface area (Å²) in [5, 5.41) is 33.6. The summed E-state index contributed by atoms with van der Waals surface area (Å²) < 4.78 is 13.3. The molecule has 2 rings (SSSR count). The van der Waals surface area contributed by atoms with E-state index in [0.717, 1.165) is 0 Å². The first-order valence-electron chi connectivity index (χ1n) is 5.46. The summed E-state index contributed by atoms with van der Waals surface area (Å²) in [5.74, 6) is -0.373. The van der Waals surface area contributed by atoms with Crippen LogP contribution in [0.4, 0.5) is 10.1 Å². The van der Waals surface area contributed by atoms with Crippen molar-refractivity contribution in [2.45, 2.75) is 6.92 Å². The number of benzene rings is 1. The van der Waals surface area contributed by atoms with Gasteiger partial charge in [-0.3, -0.25) is 0 Å². The van der Waals surface area contributed by atoms with Crippen molar-refractivity contribution in [2.24, 2.45) is 0 Å². The average Bonchev–Trinajstić information content (AvgIpc) is 2.93. The maximum Gasteiger partial charge on any atom is 0.216 e. The van der Waals surface area contributed by atoms with Gasteiger partial charge in [-0.25, -0.2) is 4.39 Å². The van der Waals surface area contributed by atoms with Crippen molar-refractivity contribution in [3.8, 4) is 12.1 Å². The quantitative estimate of drug-likeness (QED) is 0.816. The second-order valence-corrected chi connectivity index (χ2v) is 3.81. The molecular weight excluding hydrogens is 261 g/mol. The van der Waals surface area contributed by atoms with Crippen LogP contribution in [0.2, 0.25) is 0 Å². The number of nitrogens with zero attached hydrogens (tertiary/aromatic N) is 5. The van der Waals surface area contributed by atoms with Crippen LogP contribution in [0, 0.1) is 35.4 Å². The highest BCUT2D eigenvalue weighted by Crippen LogP contribution is 2.21. The fourth-order valence-corrected chi connectivity index (χ4v) is 1.58. The number of hydrogen-bond acceptors (Lipinski definition) is 6. The van der Waals surface area contributed by atoms with Gasteiger partial charge in [0.15, 0.2) is 0 Å². The fourth-order valence-electron chi connectivity index (χ4n) is 1.58. The molecule has 0 aliphatic carbocycles. The molecule has 0 aliphatic rings. The highest BCUT2D eigenvalue weighted by molar-refractivity contribution is 5.75. The first-order valence-corrected chi connectivity index (χ1v) is 5.46. The van der Waals surface area contributed by atoms with Crippen molar-refractivity contribution in [1.29, 1.82) is 10.5 Å². The molecule has 1 aromatic carbocycles. The Bertz CT molecular complexity index is 734. The second kappa shape index (κ2) is 5.59. The van der Waals surface area contributed by atoms with Gasteiger partial charge in [0.25, 0.3) is 0 Å². The molecular formula is C12H8FN7. The fraction of sp³-hybridized carbons (Fsp3) is 0.0833. The lowest BCUT2D eigenvalue weighted by Gasteiger charge is -2.07. The number of hydrogen-bond donors (Lipinski definition) is 2. The number of H-pyrrole nitrogens is 1. The van der Waals surface area contributed by atoms with Crippen LogP contribution in [-0.2, 0) is 0 Å². The Balaban J connectivity index is 2.36. The number of rotatable bonds is 3. The summed E-state index contributed by atoms with van der Waals surface area (Å²) in [6.07, 6.45) is 1.29. The van der Waals surface area contributed by atoms with E-state index in [0.29, 0.717) is 11.1 Å². The van der Waals surface area contributed by atoms with Gasteiger partial charge in [-0.05, 0) is 29.8 Å². The van der Waals surface area contributed by atoms with Crippen molar-refractivity contribution in [3.05, 3.63) is 41.1 Å². The minimum absolute atomic E-state index is 0.101. The number of aromatic nitrogens is 4. The lowest BCUT2D eigenvalue weighted by atomic mass is 10.1. The molecule has 0 saturated heterocycles. The van der Waals surface area contributed by atoms with Crippen LogP contribution in [0.15, 0.2) is 18.3 Å². The topological polar surface area (TPSA) is 114 Å². The molecule has 0 bridgehead atoms. The van der Waals surface area contributed by atoms with Crippen molar-refractivity contribution in [3.63, 3.8) is 0 Å². The molecule has 20 heavy (non-hydrogen) atoms. The first kappa shape index (κ1) is 13.2. The van der Waals surface area contributed by atoms with E-state index in [1.807, 2.05) is 12.1 Å². The van der Waals surface area contributed by atoms with Crippen LogP contribution >= 0.6 is 0 Å². The third kappa shape index (κ3) is 2.60. The Kier molecular flexibility index (Phi) is 3.68. The van der Waals surface area contributed by atoms with E-state index >= 15 is 0 Å². The summed E-state index contributed by atoms with van der Waals surface area (Å²) >= 11 is 0. The summed E-state index contributed by atoms with van der Waals surface area (Å²) in [4.78, 5) is 0. The van der Waals surface area contributed by atoms with Crippen LogP contribution in [0.1, 0.15) is 17.0 Å². The van der Waals surface area contributed by atoms with E-state index in [9.17, 15) is 4.39 Å². The Hall–Kier alpha value is -3.26. The van der Waals surface area contributed by atoms with Crippen molar-refractivity contribution in [2.75, 3.05) is 5.32 Å². The zero-order valence-corrected chi connectivity index (χ0v) is 10.3. The number of nitriles is 2. The molecule has 2 aromatic rings. The third-order valence-electron chi connectivity index (χ3n) is 2.49. The zero-order valence-electron chi connectivity index (χ0n) is 10.3. The number of aromatic amines is 1. The third-order valence-corrected chi connectivity index (χ3v) is 2.49. The molecule has 2 N–H and O–H groups in total. The Morgan fingerprint density at radius 1 is 1.45 bits per heavy atom. The lowest BCUT2D eigenvalue weighted by Crippen LogP contribution is -1.98. The first-order chi connectivity index (χ1) is 9.65. The normalized spacial score (nSPS) is 10.7. The molecule has 1 aromatic heterocycles. The number of allylic oxidation sites excluding steroid dienone is 1. The van der Waals surface area contributed by atoms with Crippen molar-refractivity contribution >= 4 is 11.3 Å². The largest absolute Gasteiger partial charge is 0.359 e. The van der Waals surface area contributed by atoms with Crippen LogP contribution in [0.5, 0.6) is 0 Å². The zero-order chi connectivity index (χ0) is 14.5. The Labute approximate surface area is 113 Å². The maximum absolute atomic E-state index is 13.3. The second-order valence-electron chi connectivity index (χ2n) is 3.81. The average molecular weight is 269 g/mol. The van der Waals surface area contributed by atoms with E-state index < -0.39 is 5.82 Å². The van der Waals surface area contributed by atoms with Crippen LogP contribution in [-0.4, -0.2) is 20.6 Å². The minimum Gasteiger partial charge on any atom is -0.359 e. The standard InChI is InChI=1S/C12H8FN7/c1-7-2-9(13)3-11(10(7)5-15)16-6-8(4-14)12-17-19-20-18-12/h2-3,6,16H,1H3,(H,17,18,19,20). The number of aryl methyl sites for hydroxylation is 1. The van der Waals surface area contributed by atoms with Gasteiger partial charge >= 0.3 is 0 Å². The summed E-state index contributed by atoms with van der Waals surface area (Å²) in [7, 11) is 0. The van der Waals surface area contributed by atoms with Gasteiger partial charge in [-0.15, -0.1) is 10.2 Å². The molecule has 98 valence electrons. The van der Waals surface area contributed by atoms with Gasteiger partial charge in [0, 0.05) is 6.20 Å². The maximum atomic E-state index is 13.3. The number of halogens is 1. The van der Waals surface area contributed by atoms with E-state index in [1.165, 1.54) is 18.3 Å². The van der Waals surface area contributed by atoms with Gasteiger partial charge in [0.2, 0.25) is 5.82 Å². The van der Waals surface area contributed by atoms with Gasteiger partial charge in [-0.1, -0.05) is 0 Å². The molecule has 0 unspecified atom stereocenters. The van der Waals surface area contributed by atoms with Gasteiger partial charge in [-0.2, -0.15) is 15.7 Å². The van der Waals surface area contributed by atoms with Gasteiger partial charge in [0.1, 0.15) is 23.5 Å². The molecule has 0 fully saturated rings.